The molecule has 5 rings (SSSR count). The Kier molecular flexibility index (Phi) is 4.84. The first-order valence-corrected chi connectivity index (χ1v) is 10.6. The van der Waals surface area contributed by atoms with E-state index in [4.69, 9.17) is 9.47 Å². The predicted molar refractivity (Wildman–Crippen MR) is 114 cm³/mol. The molecule has 1 unspecified atom stereocenters. The number of fused-ring (bicyclic) bond motifs is 1. The molecule has 152 valence electrons. The van der Waals surface area contributed by atoms with Gasteiger partial charge in [0.05, 0.1) is 5.92 Å². The smallest absolute Gasteiger partial charge is 0.229 e. The number of hydrogen-bond acceptors (Lipinski definition) is 6. The first-order chi connectivity index (χ1) is 14.7. The Morgan fingerprint density at radius 3 is 2.67 bits per heavy atom. The molecule has 7 nitrogen and oxygen atoms in total. The van der Waals surface area contributed by atoms with Crippen LogP contribution in [0.5, 0.6) is 11.5 Å². The van der Waals surface area contributed by atoms with Crippen LogP contribution < -0.4 is 19.7 Å². The zero-order valence-corrected chi connectivity index (χ0v) is 16.9. The predicted octanol–water partition coefficient (Wildman–Crippen LogP) is 3.57. The van der Waals surface area contributed by atoms with Crippen molar-refractivity contribution in [2.75, 3.05) is 30.0 Å². The maximum absolute atomic E-state index is 12.7. The Hall–Kier alpha value is -3.39. The Bertz CT molecular complexity index is 1080. The molecule has 1 N–H and O–H groups in total. The van der Waals surface area contributed by atoms with Crippen LogP contribution in [0.4, 0.5) is 11.4 Å². The molecular formula is C22H19N3O4S. The minimum absolute atomic E-state index is 0.0778. The van der Waals surface area contributed by atoms with Gasteiger partial charge in [0.1, 0.15) is 18.2 Å². The largest absolute Gasteiger partial charge is 0.486 e. The minimum Gasteiger partial charge on any atom is -0.486 e. The van der Waals surface area contributed by atoms with Gasteiger partial charge in [-0.05, 0) is 36.4 Å². The van der Waals surface area contributed by atoms with Crippen LogP contribution in [0, 0.1) is 5.92 Å². The molecule has 0 bridgehead atoms. The van der Waals surface area contributed by atoms with Crippen molar-refractivity contribution in [3.8, 4) is 22.1 Å². The van der Waals surface area contributed by atoms with Crippen molar-refractivity contribution < 1.29 is 19.1 Å². The van der Waals surface area contributed by atoms with E-state index in [1.54, 1.807) is 34.6 Å². The Balaban J connectivity index is 1.25. The highest BCUT2D eigenvalue weighted by molar-refractivity contribution is 7.13. The van der Waals surface area contributed by atoms with Gasteiger partial charge in [-0.2, -0.15) is 0 Å². The highest BCUT2D eigenvalue weighted by Gasteiger charge is 2.35. The summed E-state index contributed by atoms with van der Waals surface area (Å²) in [5, 5.41) is 5.78. The molecule has 2 aliphatic rings. The Morgan fingerprint density at radius 2 is 1.90 bits per heavy atom. The topological polar surface area (TPSA) is 80.8 Å². The number of benzene rings is 2. The summed E-state index contributed by atoms with van der Waals surface area (Å²) in [7, 11) is 0. The summed E-state index contributed by atoms with van der Waals surface area (Å²) < 4.78 is 11.1. The number of nitrogens with zero attached hydrogens (tertiary/aromatic N) is 2. The fourth-order valence-corrected chi connectivity index (χ4v) is 4.28. The molecule has 0 spiro atoms. The number of thiazole rings is 1. The standard InChI is InChI=1S/C22H19N3O4S/c26-20-11-15(13-25(20)17-5-6-18-19(12-17)29-9-8-28-18)21(27)24-16-3-1-14(2-4-16)22-23-7-10-30-22/h1-7,10,12,15H,8-9,11,13H2,(H,24,27). The number of aromatic nitrogens is 1. The Labute approximate surface area is 177 Å². The molecule has 3 aromatic rings. The van der Waals surface area contributed by atoms with Crippen molar-refractivity contribution in [3.05, 3.63) is 54.0 Å². The molecule has 1 fully saturated rings. The summed E-state index contributed by atoms with van der Waals surface area (Å²) in [5.41, 5.74) is 2.42. The van der Waals surface area contributed by atoms with Gasteiger partial charge in [0.25, 0.3) is 0 Å². The lowest BCUT2D eigenvalue weighted by Gasteiger charge is -2.22. The lowest BCUT2D eigenvalue weighted by molar-refractivity contribution is -0.122. The second-order valence-electron chi connectivity index (χ2n) is 7.14. The van der Waals surface area contributed by atoms with E-state index in [0.717, 1.165) is 10.6 Å². The minimum atomic E-state index is -0.413. The first kappa shape index (κ1) is 18.6. The van der Waals surface area contributed by atoms with Gasteiger partial charge in [-0.3, -0.25) is 9.59 Å². The summed E-state index contributed by atoms with van der Waals surface area (Å²) in [4.78, 5) is 31.2. The highest BCUT2D eigenvalue weighted by Crippen LogP contribution is 2.36. The van der Waals surface area contributed by atoms with E-state index in [0.29, 0.717) is 42.6 Å². The number of nitrogens with one attached hydrogen (secondary N) is 1. The molecule has 0 radical (unpaired) electrons. The third-order valence-corrected chi connectivity index (χ3v) is 5.99. The number of carbonyl (C=O) groups excluding carboxylic acids is 2. The van der Waals surface area contributed by atoms with E-state index in [1.807, 2.05) is 35.7 Å². The third kappa shape index (κ3) is 3.61. The van der Waals surface area contributed by atoms with Crippen molar-refractivity contribution >= 4 is 34.5 Å². The van der Waals surface area contributed by atoms with E-state index < -0.39 is 5.92 Å². The van der Waals surface area contributed by atoms with Crippen molar-refractivity contribution in [2.24, 2.45) is 5.92 Å². The number of anilines is 2. The molecule has 2 amide bonds. The van der Waals surface area contributed by atoms with Crippen LogP contribution in [0.1, 0.15) is 6.42 Å². The van der Waals surface area contributed by atoms with E-state index in [9.17, 15) is 9.59 Å². The zero-order valence-electron chi connectivity index (χ0n) is 16.0. The SMILES string of the molecule is O=C(Nc1ccc(-c2nccs2)cc1)C1CC(=O)N(c2ccc3c(c2)OCCO3)C1. The molecule has 1 aromatic heterocycles. The van der Waals surface area contributed by atoms with Gasteiger partial charge < -0.3 is 19.7 Å². The number of hydrogen-bond donors (Lipinski definition) is 1. The van der Waals surface area contributed by atoms with Gasteiger partial charge in [-0.15, -0.1) is 11.3 Å². The fraction of sp³-hybridized carbons (Fsp3) is 0.227. The van der Waals surface area contributed by atoms with Gasteiger partial charge >= 0.3 is 0 Å². The van der Waals surface area contributed by atoms with Crippen molar-refractivity contribution in [1.82, 2.24) is 4.98 Å². The number of amides is 2. The maximum atomic E-state index is 12.7. The lowest BCUT2D eigenvalue weighted by atomic mass is 10.1. The van der Waals surface area contributed by atoms with Crippen LogP contribution in [-0.4, -0.2) is 36.6 Å². The first-order valence-electron chi connectivity index (χ1n) is 9.68. The van der Waals surface area contributed by atoms with Crippen LogP contribution in [0.3, 0.4) is 0 Å². The van der Waals surface area contributed by atoms with Gasteiger partial charge in [0, 0.05) is 47.5 Å². The van der Waals surface area contributed by atoms with Crippen LogP contribution >= 0.6 is 11.3 Å². The molecule has 0 saturated carbocycles. The molecule has 2 aliphatic heterocycles. The van der Waals surface area contributed by atoms with E-state index in [2.05, 4.69) is 10.3 Å². The van der Waals surface area contributed by atoms with Crippen molar-refractivity contribution in [3.63, 3.8) is 0 Å². The summed E-state index contributed by atoms with van der Waals surface area (Å²) >= 11 is 1.56. The fourth-order valence-electron chi connectivity index (χ4n) is 3.64. The molecule has 1 saturated heterocycles. The molecular weight excluding hydrogens is 402 g/mol. The average molecular weight is 421 g/mol. The van der Waals surface area contributed by atoms with Crippen LogP contribution in [0.15, 0.2) is 54.0 Å². The van der Waals surface area contributed by atoms with Gasteiger partial charge in [-0.25, -0.2) is 4.98 Å². The van der Waals surface area contributed by atoms with Crippen LogP contribution in [0.25, 0.3) is 10.6 Å². The normalized spacial score (nSPS) is 17.8. The monoisotopic (exact) mass is 421 g/mol. The molecule has 3 heterocycles. The van der Waals surface area contributed by atoms with E-state index >= 15 is 0 Å². The van der Waals surface area contributed by atoms with E-state index in [-0.39, 0.29) is 18.2 Å². The second-order valence-corrected chi connectivity index (χ2v) is 8.03. The van der Waals surface area contributed by atoms with Crippen molar-refractivity contribution in [2.45, 2.75) is 6.42 Å². The summed E-state index contributed by atoms with van der Waals surface area (Å²) in [6.45, 7) is 1.33. The lowest BCUT2D eigenvalue weighted by Crippen LogP contribution is -2.28. The van der Waals surface area contributed by atoms with Crippen molar-refractivity contribution in [1.29, 1.82) is 0 Å². The summed E-state index contributed by atoms with van der Waals surface area (Å²) in [5.74, 6) is 0.646. The average Bonchev–Trinajstić information content (AvgIpc) is 3.44. The number of ether oxygens (including phenoxy) is 2. The maximum Gasteiger partial charge on any atom is 0.229 e. The highest BCUT2D eigenvalue weighted by atomic mass is 32.1. The van der Waals surface area contributed by atoms with Gasteiger partial charge in [0.2, 0.25) is 11.8 Å². The summed E-state index contributed by atoms with van der Waals surface area (Å²) in [6, 6.07) is 13.0. The summed E-state index contributed by atoms with van der Waals surface area (Å²) in [6.07, 6.45) is 1.94. The number of carbonyl (C=O) groups is 2. The van der Waals surface area contributed by atoms with Crippen LogP contribution in [0.2, 0.25) is 0 Å². The van der Waals surface area contributed by atoms with Crippen LogP contribution in [-0.2, 0) is 9.59 Å². The third-order valence-electron chi connectivity index (χ3n) is 5.16. The molecule has 1 atom stereocenters. The van der Waals surface area contributed by atoms with E-state index in [1.165, 1.54) is 0 Å². The molecule has 30 heavy (non-hydrogen) atoms. The van der Waals surface area contributed by atoms with Gasteiger partial charge in [-0.1, -0.05) is 0 Å². The zero-order chi connectivity index (χ0) is 20.5. The Morgan fingerprint density at radius 1 is 1.10 bits per heavy atom. The molecule has 8 heteroatoms. The quantitative estimate of drug-likeness (QED) is 0.697. The molecule has 0 aliphatic carbocycles. The second kappa shape index (κ2) is 7.79. The number of rotatable bonds is 4. The van der Waals surface area contributed by atoms with Gasteiger partial charge in [0.15, 0.2) is 11.5 Å². The molecule has 2 aromatic carbocycles.